The van der Waals surface area contributed by atoms with E-state index in [4.69, 9.17) is 20.4 Å². The molecule has 0 bridgehead atoms. The van der Waals surface area contributed by atoms with Crippen LogP contribution in [0.3, 0.4) is 0 Å². The Labute approximate surface area is 167 Å². The Hall–Kier alpha value is -3.03. The van der Waals surface area contributed by atoms with Crippen LogP contribution >= 0.6 is 11.6 Å². The summed E-state index contributed by atoms with van der Waals surface area (Å²) in [7, 11) is 1.85. The fourth-order valence-corrected chi connectivity index (χ4v) is 2.80. The molecule has 0 fully saturated rings. The van der Waals surface area contributed by atoms with E-state index >= 15 is 0 Å². The number of quaternary nitrogens is 1. The maximum atomic E-state index is 12.0. The van der Waals surface area contributed by atoms with Crippen molar-refractivity contribution in [3.8, 4) is 11.3 Å². The van der Waals surface area contributed by atoms with Crippen molar-refractivity contribution in [1.82, 2.24) is 10.6 Å². The minimum Gasteiger partial charge on any atom is -0.467 e. The second kappa shape index (κ2) is 9.25. The van der Waals surface area contributed by atoms with Crippen LogP contribution in [0.2, 0.25) is 5.02 Å². The van der Waals surface area contributed by atoms with Crippen LogP contribution in [-0.2, 0) is 17.9 Å². The van der Waals surface area contributed by atoms with Crippen molar-refractivity contribution in [2.45, 2.75) is 13.1 Å². The first-order valence-corrected chi connectivity index (χ1v) is 9.13. The van der Waals surface area contributed by atoms with Gasteiger partial charge in [-0.15, -0.1) is 0 Å². The number of rotatable bonds is 7. The predicted molar refractivity (Wildman–Crippen MR) is 104 cm³/mol. The number of carbonyl (C=O) groups excluding carboxylic acids is 2. The number of amides is 3. The van der Waals surface area contributed by atoms with E-state index in [1.807, 2.05) is 31.3 Å². The molecule has 8 heteroatoms. The smallest absolute Gasteiger partial charge is 0.321 e. The number of hydrogen-bond acceptors (Lipinski definition) is 4. The quantitative estimate of drug-likeness (QED) is 0.565. The molecule has 3 aromatic rings. The Kier molecular flexibility index (Phi) is 6.52. The van der Waals surface area contributed by atoms with Crippen LogP contribution in [0.1, 0.15) is 11.5 Å². The molecule has 1 aromatic carbocycles. The Morgan fingerprint density at radius 3 is 2.57 bits per heavy atom. The number of benzene rings is 1. The molecule has 0 aliphatic carbocycles. The third-order valence-corrected chi connectivity index (χ3v) is 4.24. The summed E-state index contributed by atoms with van der Waals surface area (Å²) < 4.78 is 10.9. The Morgan fingerprint density at radius 2 is 1.86 bits per heavy atom. The molecule has 0 saturated carbocycles. The monoisotopic (exact) mass is 402 g/mol. The van der Waals surface area contributed by atoms with Gasteiger partial charge in [0.1, 0.15) is 18.1 Å². The molecule has 2 heterocycles. The highest BCUT2D eigenvalue weighted by atomic mass is 35.5. The molecular formula is C20H21ClN3O4+. The fourth-order valence-electron chi connectivity index (χ4n) is 2.67. The molecule has 0 aliphatic rings. The van der Waals surface area contributed by atoms with Gasteiger partial charge in [0, 0.05) is 10.6 Å². The van der Waals surface area contributed by atoms with Gasteiger partial charge in [0.15, 0.2) is 12.3 Å². The van der Waals surface area contributed by atoms with E-state index in [-0.39, 0.29) is 19.0 Å². The van der Waals surface area contributed by atoms with Crippen LogP contribution in [0.4, 0.5) is 4.79 Å². The topological polar surface area (TPSA) is 88.9 Å². The van der Waals surface area contributed by atoms with E-state index < -0.39 is 6.03 Å². The standard InChI is InChI=1S/C20H20ClN3O4/c1-24(13-19(25)23-20(26)22-11-16-3-2-10-27-16)12-17-8-9-18(28-17)14-4-6-15(21)7-5-14/h2-10H,11-13H2,1H3,(H2,22,23,25,26)/p+1. The Balaban J connectivity index is 1.44. The van der Waals surface area contributed by atoms with Crippen molar-refractivity contribution in [3.63, 3.8) is 0 Å². The number of imide groups is 1. The number of likely N-dealkylation sites (N-methyl/N-ethyl adjacent to an activating group) is 1. The van der Waals surface area contributed by atoms with Gasteiger partial charge >= 0.3 is 6.03 Å². The Bertz CT molecular complexity index is 919. The van der Waals surface area contributed by atoms with Gasteiger partial charge in [-0.1, -0.05) is 11.6 Å². The second-order valence-electron chi connectivity index (χ2n) is 6.39. The lowest BCUT2D eigenvalue weighted by Gasteiger charge is -2.12. The van der Waals surface area contributed by atoms with E-state index in [1.165, 1.54) is 6.26 Å². The maximum Gasteiger partial charge on any atom is 0.321 e. The zero-order valence-electron chi connectivity index (χ0n) is 15.3. The summed E-state index contributed by atoms with van der Waals surface area (Å²) in [6.45, 7) is 0.856. The first-order chi connectivity index (χ1) is 13.5. The molecule has 28 heavy (non-hydrogen) atoms. The molecule has 146 valence electrons. The van der Waals surface area contributed by atoms with E-state index in [0.29, 0.717) is 17.3 Å². The molecule has 0 aliphatic heterocycles. The van der Waals surface area contributed by atoms with Crippen LogP contribution in [0.5, 0.6) is 0 Å². The van der Waals surface area contributed by atoms with Gasteiger partial charge in [-0.3, -0.25) is 10.1 Å². The van der Waals surface area contributed by atoms with Crippen LogP contribution < -0.4 is 15.5 Å². The summed E-state index contributed by atoms with van der Waals surface area (Å²) in [5.74, 6) is 1.72. The average molecular weight is 403 g/mol. The highest BCUT2D eigenvalue weighted by molar-refractivity contribution is 6.30. The van der Waals surface area contributed by atoms with Crippen molar-refractivity contribution in [1.29, 1.82) is 0 Å². The van der Waals surface area contributed by atoms with Gasteiger partial charge < -0.3 is 19.1 Å². The lowest BCUT2D eigenvalue weighted by Crippen LogP contribution is -3.09. The van der Waals surface area contributed by atoms with Gasteiger partial charge in [0.2, 0.25) is 0 Å². The van der Waals surface area contributed by atoms with E-state index in [0.717, 1.165) is 22.0 Å². The summed E-state index contributed by atoms with van der Waals surface area (Å²) in [5.41, 5.74) is 0.930. The van der Waals surface area contributed by atoms with E-state index in [1.54, 1.807) is 24.3 Å². The van der Waals surface area contributed by atoms with Crippen LogP contribution in [0.15, 0.2) is 63.6 Å². The molecule has 0 spiro atoms. The van der Waals surface area contributed by atoms with Gasteiger partial charge in [-0.2, -0.15) is 0 Å². The summed E-state index contributed by atoms with van der Waals surface area (Å²) in [4.78, 5) is 24.6. The number of urea groups is 1. The first-order valence-electron chi connectivity index (χ1n) is 8.75. The van der Waals surface area contributed by atoms with Gasteiger partial charge in [-0.05, 0) is 48.5 Å². The van der Waals surface area contributed by atoms with Crippen LogP contribution in [-0.4, -0.2) is 25.5 Å². The van der Waals surface area contributed by atoms with Crippen molar-refractivity contribution in [2.75, 3.05) is 13.6 Å². The summed E-state index contributed by atoms with van der Waals surface area (Å²) >= 11 is 5.90. The van der Waals surface area contributed by atoms with Crippen molar-refractivity contribution >= 4 is 23.5 Å². The third kappa shape index (κ3) is 5.73. The molecule has 7 nitrogen and oxygen atoms in total. The average Bonchev–Trinajstić information content (AvgIpc) is 3.32. The summed E-state index contributed by atoms with van der Waals surface area (Å²) in [6, 6.07) is 14.0. The summed E-state index contributed by atoms with van der Waals surface area (Å²) in [5, 5.41) is 5.53. The highest BCUT2D eigenvalue weighted by Gasteiger charge is 2.15. The lowest BCUT2D eigenvalue weighted by molar-refractivity contribution is -0.886. The molecule has 2 aromatic heterocycles. The van der Waals surface area contributed by atoms with Crippen molar-refractivity contribution in [3.05, 3.63) is 71.3 Å². The predicted octanol–water partition coefficient (Wildman–Crippen LogP) is 2.23. The zero-order valence-corrected chi connectivity index (χ0v) is 16.1. The lowest BCUT2D eigenvalue weighted by atomic mass is 10.2. The van der Waals surface area contributed by atoms with E-state index in [9.17, 15) is 9.59 Å². The molecule has 0 saturated heterocycles. The molecule has 1 unspecified atom stereocenters. The SMILES string of the molecule is C[NH+](CC(=O)NC(=O)NCc1ccco1)Cc1ccc(-c2ccc(Cl)cc2)o1. The number of nitrogens with one attached hydrogen (secondary N) is 3. The minimum atomic E-state index is -0.558. The van der Waals surface area contributed by atoms with Crippen molar-refractivity contribution < 1.29 is 23.3 Å². The van der Waals surface area contributed by atoms with Crippen LogP contribution in [0, 0.1) is 0 Å². The first kappa shape index (κ1) is 19.7. The molecule has 1 atom stereocenters. The third-order valence-electron chi connectivity index (χ3n) is 3.98. The molecule has 3 rings (SSSR count). The van der Waals surface area contributed by atoms with Crippen LogP contribution in [0.25, 0.3) is 11.3 Å². The van der Waals surface area contributed by atoms with E-state index in [2.05, 4.69) is 10.6 Å². The number of halogens is 1. The van der Waals surface area contributed by atoms with Gasteiger partial charge in [-0.25, -0.2) is 4.79 Å². The number of carbonyl (C=O) groups is 2. The maximum absolute atomic E-state index is 12.0. The molecular weight excluding hydrogens is 382 g/mol. The minimum absolute atomic E-state index is 0.130. The normalized spacial score (nSPS) is 11.8. The number of hydrogen-bond donors (Lipinski definition) is 3. The van der Waals surface area contributed by atoms with Crippen molar-refractivity contribution in [2.24, 2.45) is 0 Å². The zero-order chi connectivity index (χ0) is 19.9. The molecule has 3 amide bonds. The van der Waals surface area contributed by atoms with Gasteiger partial charge in [0.05, 0.1) is 19.9 Å². The number of furan rings is 2. The highest BCUT2D eigenvalue weighted by Crippen LogP contribution is 2.23. The molecule has 3 N–H and O–H groups in total. The van der Waals surface area contributed by atoms with Gasteiger partial charge in [0.25, 0.3) is 5.91 Å². The largest absolute Gasteiger partial charge is 0.467 e. The molecule has 0 radical (unpaired) electrons. The summed E-state index contributed by atoms with van der Waals surface area (Å²) in [6.07, 6.45) is 1.52. The fraction of sp³-hybridized carbons (Fsp3) is 0.200. The Morgan fingerprint density at radius 1 is 1.07 bits per heavy atom. The second-order valence-corrected chi connectivity index (χ2v) is 6.83.